The Bertz CT molecular complexity index is 1040. The van der Waals surface area contributed by atoms with Gasteiger partial charge in [-0.3, -0.25) is 4.84 Å². The van der Waals surface area contributed by atoms with E-state index in [1.165, 1.54) is 18.2 Å². The van der Waals surface area contributed by atoms with Crippen LogP contribution in [0.4, 0.5) is 8.78 Å². The summed E-state index contributed by atoms with van der Waals surface area (Å²) in [6.45, 7) is 1.93. The van der Waals surface area contributed by atoms with Crippen LogP contribution >= 0.6 is 0 Å². The number of rotatable bonds is 2. The maximum absolute atomic E-state index is 14.9. The SMILES string of the molecule is OC1NOCc2c(-c3ccc([C@H]4CCCNC4)c(F)c3)[nH]c3cc(F)cc1c23. The van der Waals surface area contributed by atoms with Gasteiger partial charge < -0.3 is 15.4 Å². The highest BCUT2D eigenvalue weighted by Gasteiger charge is 2.25. The number of hydrogen-bond donors (Lipinski definition) is 4. The molecule has 2 atom stereocenters. The number of piperidine rings is 1. The van der Waals surface area contributed by atoms with Gasteiger partial charge in [0.15, 0.2) is 6.23 Å². The standard InChI is InChI=1S/C21H21F2N3O2/c22-13-7-15-19-16(10-28-26-21(15)27)20(25-18(19)8-13)11-3-4-14(17(23)6-11)12-2-1-5-24-9-12/h3-4,6-8,12,21,24-27H,1-2,5,9-10H2/t12-,21?/m0/s1. The molecule has 2 aliphatic heterocycles. The van der Waals surface area contributed by atoms with Crippen molar-refractivity contribution in [2.24, 2.45) is 0 Å². The van der Waals surface area contributed by atoms with E-state index < -0.39 is 12.0 Å². The smallest absolute Gasteiger partial charge is 0.153 e. The van der Waals surface area contributed by atoms with E-state index in [0.29, 0.717) is 27.7 Å². The molecule has 2 aromatic carbocycles. The topological polar surface area (TPSA) is 69.3 Å². The molecular weight excluding hydrogens is 364 g/mol. The van der Waals surface area contributed by atoms with Gasteiger partial charge in [-0.2, -0.15) is 5.48 Å². The molecule has 1 saturated heterocycles. The lowest BCUT2D eigenvalue weighted by molar-refractivity contribution is -0.0631. The van der Waals surface area contributed by atoms with Crippen LogP contribution in [0.5, 0.6) is 0 Å². The number of nitrogens with one attached hydrogen (secondary N) is 3. The molecule has 5 rings (SSSR count). The number of aromatic nitrogens is 1. The van der Waals surface area contributed by atoms with Crippen LogP contribution in [0, 0.1) is 11.6 Å². The molecule has 2 aliphatic rings. The number of hydroxylamine groups is 1. The minimum atomic E-state index is -1.14. The first kappa shape index (κ1) is 17.8. The van der Waals surface area contributed by atoms with Gasteiger partial charge in [0, 0.05) is 34.1 Å². The van der Waals surface area contributed by atoms with E-state index >= 15 is 0 Å². The van der Waals surface area contributed by atoms with Crippen LogP contribution in [-0.4, -0.2) is 23.2 Å². The fourth-order valence-electron chi connectivity index (χ4n) is 4.39. The highest BCUT2D eigenvalue weighted by molar-refractivity contribution is 5.93. The van der Waals surface area contributed by atoms with Gasteiger partial charge in [0.2, 0.25) is 0 Å². The average molecular weight is 385 g/mol. The van der Waals surface area contributed by atoms with Crippen LogP contribution in [0.1, 0.15) is 41.7 Å². The fraction of sp³-hybridized carbons (Fsp3) is 0.333. The van der Waals surface area contributed by atoms with Crippen molar-refractivity contribution in [3.05, 3.63) is 58.7 Å². The Balaban J connectivity index is 1.62. The van der Waals surface area contributed by atoms with E-state index in [9.17, 15) is 13.9 Å². The van der Waals surface area contributed by atoms with Crippen molar-refractivity contribution in [3.63, 3.8) is 0 Å². The largest absolute Gasteiger partial charge is 0.372 e. The summed E-state index contributed by atoms with van der Waals surface area (Å²) in [5, 5.41) is 14.2. The average Bonchev–Trinajstić information content (AvgIpc) is 2.97. The van der Waals surface area contributed by atoms with E-state index in [1.54, 1.807) is 0 Å². The molecule has 0 radical (unpaired) electrons. The van der Waals surface area contributed by atoms with Crippen molar-refractivity contribution < 1.29 is 18.7 Å². The zero-order valence-electron chi connectivity index (χ0n) is 15.2. The molecule has 3 heterocycles. The molecule has 3 aromatic rings. The maximum atomic E-state index is 14.9. The van der Waals surface area contributed by atoms with Crippen LogP contribution in [0.25, 0.3) is 22.2 Å². The molecular formula is C21H21F2N3O2. The lowest BCUT2D eigenvalue weighted by atomic mass is 9.90. The number of hydrogen-bond acceptors (Lipinski definition) is 4. The van der Waals surface area contributed by atoms with Crippen molar-refractivity contribution >= 4 is 10.9 Å². The third-order valence-electron chi connectivity index (χ3n) is 5.73. The second kappa shape index (κ2) is 6.93. The van der Waals surface area contributed by atoms with Crippen molar-refractivity contribution in [2.75, 3.05) is 13.1 Å². The first-order valence-electron chi connectivity index (χ1n) is 9.51. The van der Waals surface area contributed by atoms with Gasteiger partial charge in [-0.25, -0.2) is 8.78 Å². The first-order valence-corrected chi connectivity index (χ1v) is 9.51. The Morgan fingerprint density at radius 1 is 1.11 bits per heavy atom. The molecule has 0 saturated carbocycles. The van der Waals surface area contributed by atoms with Crippen LogP contribution in [0.3, 0.4) is 0 Å². The molecule has 1 fully saturated rings. The lowest BCUT2D eigenvalue weighted by Gasteiger charge is -2.23. The minimum Gasteiger partial charge on any atom is -0.372 e. The number of benzene rings is 2. The van der Waals surface area contributed by atoms with Gasteiger partial charge in [-0.05, 0) is 49.1 Å². The Labute approximate surface area is 160 Å². The molecule has 1 unspecified atom stereocenters. The third kappa shape index (κ3) is 2.91. The summed E-state index contributed by atoms with van der Waals surface area (Å²) in [5.74, 6) is -0.525. The summed E-state index contributed by atoms with van der Waals surface area (Å²) in [4.78, 5) is 8.53. The number of H-pyrrole nitrogens is 1. The first-order chi connectivity index (χ1) is 13.6. The maximum Gasteiger partial charge on any atom is 0.153 e. The lowest BCUT2D eigenvalue weighted by Crippen LogP contribution is -2.28. The second-order valence-corrected chi connectivity index (χ2v) is 7.48. The predicted molar refractivity (Wildman–Crippen MR) is 101 cm³/mol. The Morgan fingerprint density at radius 3 is 2.79 bits per heavy atom. The van der Waals surface area contributed by atoms with Crippen molar-refractivity contribution in [2.45, 2.75) is 31.6 Å². The molecule has 28 heavy (non-hydrogen) atoms. The molecule has 0 amide bonds. The summed E-state index contributed by atoms with van der Waals surface area (Å²) in [7, 11) is 0. The number of aliphatic hydroxyl groups excluding tert-OH is 1. The predicted octanol–water partition coefficient (Wildman–Crippen LogP) is 3.61. The van der Waals surface area contributed by atoms with Gasteiger partial charge in [-0.1, -0.05) is 12.1 Å². The van der Waals surface area contributed by atoms with Crippen LogP contribution < -0.4 is 10.8 Å². The third-order valence-corrected chi connectivity index (χ3v) is 5.73. The molecule has 0 aliphatic carbocycles. The monoisotopic (exact) mass is 385 g/mol. The molecule has 4 N–H and O–H groups in total. The quantitative estimate of drug-likeness (QED) is 0.544. The molecule has 0 spiro atoms. The van der Waals surface area contributed by atoms with E-state index in [-0.39, 0.29) is 18.3 Å². The van der Waals surface area contributed by atoms with Gasteiger partial charge in [-0.15, -0.1) is 0 Å². The Kier molecular flexibility index (Phi) is 4.40. The van der Waals surface area contributed by atoms with Crippen molar-refractivity contribution in [1.29, 1.82) is 0 Å². The second-order valence-electron chi connectivity index (χ2n) is 7.48. The number of aromatic amines is 1. The Morgan fingerprint density at radius 2 is 2.00 bits per heavy atom. The zero-order valence-corrected chi connectivity index (χ0v) is 15.2. The molecule has 146 valence electrons. The summed E-state index contributed by atoms with van der Waals surface area (Å²) in [5.41, 5.74) is 6.27. The van der Waals surface area contributed by atoms with E-state index in [0.717, 1.165) is 37.1 Å². The zero-order chi connectivity index (χ0) is 19.3. The van der Waals surface area contributed by atoms with Gasteiger partial charge >= 0.3 is 0 Å². The fourth-order valence-corrected chi connectivity index (χ4v) is 4.39. The van der Waals surface area contributed by atoms with Crippen LogP contribution in [0.2, 0.25) is 0 Å². The van der Waals surface area contributed by atoms with Gasteiger partial charge in [0.1, 0.15) is 11.6 Å². The van der Waals surface area contributed by atoms with Crippen LogP contribution in [0.15, 0.2) is 30.3 Å². The normalized spacial score (nSPS) is 22.4. The van der Waals surface area contributed by atoms with E-state index in [4.69, 9.17) is 4.84 Å². The van der Waals surface area contributed by atoms with Gasteiger partial charge in [0.05, 0.1) is 12.3 Å². The highest BCUT2D eigenvalue weighted by Crippen LogP contribution is 2.38. The van der Waals surface area contributed by atoms with E-state index in [1.807, 2.05) is 12.1 Å². The van der Waals surface area contributed by atoms with E-state index in [2.05, 4.69) is 15.8 Å². The minimum absolute atomic E-state index is 0.168. The summed E-state index contributed by atoms with van der Waals surface area (Å²) in [6.07, 6.45) is 0.876. The number of aliphatic hydroxyl groups is 1. The summed E-state index contributed by atoms with van der Waals surface area (Å²) in [6, 6.07) is 7.92. The van der Waals surface area contributed by atoms with Crippen molar-refractivity contribution in [1.82, 2.24) is 15.8 Å². The molecule has 0 bridgehead atoms. The van der Waals surface area contributed by atoms with Crippen LogP contribution in [-0.2, 0) is 11.4 Å². The highest BCUT2D eigenvalue weighted by atomic mass is 19.1. The molecule has 7 heteroatoms. The Hall–Kier alpha value is -2.32. The molecule has 5 nitrogen and oxygen atoms in total. The van der Waals surface area contributed by atoms with Crippen molar-refractivity contribution in [3.8, 4) is 11.3 Å². The summed E-state index contributed by atoms with van der Waals surface area (Å²) >= 11 is 0. The molecule has 1 aromatic heterocycles. The van der Waals surface area contributed by atoms with Gasteiger partial charge in [0.25, 0.3) is 0 Å². The number of halogens is 2. The summed E-state index contributed by atoms with van der Waals surface area (Å²) < 4.78 is 28.9.